The highest BCUT2D eigenvalue weighted by atomic mass is 16.6. The summed E-state index contributed by atoms with van der Waals surface area (Å²) in [5, 5.41) is 8.90. The van der Waals surface area contributed by atoms with Gasteiger partial charge < -0.3 is 14.5 Å². The molecule has 0 atom stereocenters. The third-order valence-electron chi connectivity index (χ3n) is 4.62. The van der Waals surface area contributed by atoms with Crippen LogP contribution in [-0.4, -0.2) is 54.1 Å². The molecule has 1 aromatic rings. The van der Waals surface area contributed by atoms with Crippen LogP contribution in [0.3, 0.4) is 0 Å². The molecule has 0 radical (unpaired) electrons. The summed E-state index contributed by atoms with van der Waals surface area (Å²) in [6.45, 7) is 1.70. The van der Waals surface area contributed by atoms with E-state index in [1.165, 1.54) is 0 Å². The van der Waals surface area contributed by atoms with E-state index >= 15 is 0 Å². The molecule has 2 heterocycles. The molecule has 0 unspecified atom stereocenters. The van der Waals surface area contributed by atoms with Crippen molar-refractivity contribution in [3.05, 3.63) is 35.4 Å². The van der Waals surface area contributed by atoms with Gasteiger partial charge in [-0.3, -0.25) is 4.79 Å². The zero-order chi connectivity index (χ0) is 16.4. The maximum atomic E-state index is 12.7. The topological polar surface area (TPSA) is 73.6 Å². The zero-order valence-electron chi connectivity index (χ0n) is 13.1. The van der Waals surface area contributed by atoms with Gasteiger partial charge in [-0.05, 0) is 11.6 Å². The summed E-state index contributed by atoms with van der Waals surface area (Å²) < 4.78 is 5.50. The highest BCUT2D eigenvalue weighted by Crippen LogP contribution is 2.33. The minimum Gasteiger partial charge on any atom is -0.441 e. The molecule has 6 heteroatoms. The van der Waals surface area contributed by atoms with E-state index in [1.54, 1.807) is 22.9 Å². The van der Waals surface area contributed by atoms with Crippen molar-refractivity contribution < 1.29 is 14.3 Å². The molecule has 23 heavy (non-hydrogen) atoms. The first-order valence-electron chi connectivity index (χ1n) is 7.73. The lowest BCUT2D eigenvalue weighted by Gasteiger charge is -2.37. The van der Waals surface area contributed by atoms with Crippen molar-refractivity contribution in [3.8, 4) is 6.07 Å². The number of hydrogen-bond acceptors (Lipinski definition) is 4. The van der Waals surface area contributed by atoms with Crippen molar-refractivity contribution in [2.75, 3.05) is 26.7 Å². The Hall–Kier alpha value is -2.55. The van der Waals surface area contributed by atoms with Crippen molar-refractivity contribution in [3.63, 3.8) is 0 Å². The van der Waals surface area contributed by atoms with Gasteiger partial charge in [-0.25, -0.2) is 4.79 Å². The average Bonchev–Trinajstić information content (AvgIpc) is 2.82. The van der Waals surface area contributed by atoms with Crippen molar-refractivity contribution in [2.45, 2.75) is 24.9 Å². The van der Waals surface area contributed by atoms with Gasteiger partial charge in [0.05, 0.1) is 19.0 Å². The van der Waals surface area contributed by atoms with Gasteiger partial charge in [0.1, 0.15) is 5.60 Å². The van der Waals surface area contributed by atoms with Crippen LogP contribution in [0.25, 0.3) is 0 Å². The predicted octanol–water partition coefficient (Wildman–Crippen LogP) is 1.81. The Morgan fingerprint density at radius 3 is 2.65 bits per heavy atom. The Labute approximate surface area is 135 Å². The molecule has 6 nitrogen and oxygen atoms in total. The molecule has 0 bridgehead atoms. The van der Waals surface area contributed by atoms with Crippen LogP contribution in [0.4, 0.5) is 4.79 Å². The first-order chi connectivity index (χ1) is 11.0. The normalized spacial score (nSPS) is 19.6. The lowest BCUT2D eigenvalue weighted by Crippen LogP contribution is -2.48. The number of piperidine rings is 1. The molecule has 2 aliphatic rings. The second-order valence-electron chi connectivity index (χ2n) is 6.19. The number of likely N-dealkylation sites (N-methyl/N-ethyl adjacent to an activating group) is 1. The molecule has 0 aromatic heterocycles. The minimum absolute atomic E-state index is 0.0524. The summed E-state index contributed by atoms with van der Waals surface area (Å²) in [5.41, 5.74) is 0.896. The van der Waals surface area contributed by atoms with Gasteiger partial charge in [0.2, 0.25) is 0 Å². The number of hydrogen-bond donors (Lipinski definition) is 0. The predicted molar refractivity (Wildman–Crippen MR) is 82.7 cm³/mol. The van der Waals surface area contributed by atoms with E-state index in [0.29, 0.717) is 38.0 Å². The Morgan fingerprint density at radius 1 is 1.35 bits per heavy atom. The number of likely N-dealkylation sites (tertiary alicyclic amines) is 1. The molecule has 1 aromatic carbocycles. The van der Waals surface area contributed by atoms with Crippen molar-refractivity contribution in [2.24, 2.45) is 0 Å². The lowest BCUT2D eigenvalue weighted by molar-refractivity contribution is 0.00315. The van der Waals surface area contributed by atoms with E-state index in [2.05, 4.69) is 6.07 Å². The number of ether oxygens (including phenoxy) is 1. The van der Waals surface area contributed by atoms with Gasteiger partial charge in [0.25, 0.3) is 5.91 Å². The Balaban J connectivity index is 1.70. The van der Waals surface area contributed by atoms with E-state index in [-0.39, 0.29) is 18.4 Å². The third-order valence-corrected chi connectivity index (χ3v) is 4.62. The van der Waals surface area contributed by atoms with E-state index in [0.717, 1.165) is 5.56 Å². The quantitative estimate of drug-likeness (QED) is 0.834. The van der Waals surface area contributed by atoms with Crippen LogP contribution in [0, 0.1) is 11.3 Å². The fourth-order valence-corrected chi connectivity index (χ4v) is 3.31. The summed E-state index contributed by atoms with van der Waals surface area (Å²) in [7, 11) is 1.73. The molecule has 0 N–H and O–H groups in total. The van der Waals surface area contributed by atoms with Crippen LogP contribution in [0.5, 0.6) is 0 Å². The van der Waals surface area contributed by atoms with Crippen molar-refractivity contribution in [1.29, 1.82) is 5.26 Å². The van der Waals surface area contributed by atoms with Crippen LogP contribution < -0.4 is 0 Å². The van der Waals surface area contributed by atoms with E-state index in [4.69, 9.17) is 10.00 Å². The second-order valence-corrected chi connectivity index (χ2v) is 6.19. The van der Waals surface area contributed by atoms with Crippen LogP contribution in [0.15, 0.2) is 24.3 Å². The fourth-order valence-electron chi connectivity index (χ4n) is 3.31. The minimum atomic E-state index is -0.450. The number of rotatable bonds is 2. The van der Waals surface area contributed by atoms with E-state index in [1.807, 2.05) is 18.2 Å². The van der Waals surface area contributed by atoms with E-state index in [9.17, 15) is 9.59 Å². The molecule has 120 valence electrons. The molecule has 2 saturated heterocycles. The molecule has 2 aliphatic heterocycles. The monoisotopic (exact) mass is 313 g/mol. The summed E-state index contributed by atoms with van der Waals surface area (Å²) >= 11 is 0. The lowest BCUT2D eigenvalue weighted by atomic mass is 9.90. The molecule has 0 aliphatic carbocycles. The highest BCUT2D eigenvalue weighted by Gasteiger charge is 2.46. The number of nitrogens with zero attached hydrogens (tertiary/aromatic N) is 3. The maximum absolute atomic E-state index is 12.7. The Kier molecular flexibility index (Phi) is 3.95. The van der Waals surface area contributed by atoms with Crippen molar-refractivity contribution >= 4 is 12.0 Å². The largest absolute Gasteiger partial charge is 0.441 e. The van der Waals surface area contributed by atoms with Gasteiger partial charge in [-0.2, -0.15) is 5.26 Å². The number of carbonyl (C=O) groups is 2. The molecule has 3 rings (SSSR count). The molecular weight excluding hydrogens is 294 g/mol. The smallest absolute Gasteiger partial charge is 0.410 e. The highest BCUT2D eigenvalue weighted by molar-refractivity contribution is 5.95. The van der Waals surface area contributed by atoms with Crippen molar-refractivity contribution in [1.82, 2.24) is 9.80 Å². The average molecular weight is 313 g/mol. The van der Waals surface area contributed by atoms with Gasteiger partial charge in [-0.1, -0.05) is 18.2 Å². The summed E-state index contributed by atoms with van der Waals surface area (Å²) in [5.74, 6) is -0.0524. The van der Waals surface area contributed by atoms with Crippen LogP contribution in [-0.2, 0) is 11.2 Å². The number of nitriles is 1. The Bertz CT molecular complexity index is 672. The molecule has 2 amide bonds. The van der Waals surface area contributed by atoms with E-state index < -0.39 is 5.60 Å². The molecule has 2 fully saturated rings. The fraction of sp³-hybridized carbons (Fsp3) is 0.471. The number of benzene rings is 1. The third kappa shape index (κ3) is 2.87. The maximum Gasteiger partial charge on any atom is 0.410 e. The summed E-state index contributed by atoms with van der Waals surface area (Å²) in [4.78, 5) is 27.7. The first kappa shape index (κ1) is 15.3. The Morgan fingerprint density at radius 2 is 2.04 bits per heavy atom. The molecule has 1 spiro atoms. The van der Waals surface area contributed by atoms with Gasteiger partial charge in [0.15, 0.2) is 0 Å². The first-order valence-corrected chi connectivity index (χ1v) is 7.73. The zero-order valence-corrected chi connectivity index (χ0v) is 13.1. The van der Waals surface area contributed by atoms with Gasteiger partial charge >= 0.3 is 6.09 Å². The molecular formula is C17H19N3O3. The van der Waals surface area contributed by atoms with Gasteiger partial charge in [0, 0.05) is 38.5 Å². The second kappa shape index (κ2) is 5.92. The standard InChI is InChI=1S/C17H19N3O3/c1-19-12-17(23-16(19)22)7-10-20(11-8-17)15(21)14-5-3-2-4-13(14)6-9-18/h2-5H,6-8,10-12H2,1H3. The van der Waals surface area contributed by atoms with Crippen LogP contribution >= 0.6 is 0 Å². The van der Waals surface area contributed by atoms with Gasteiger partial charge in [-0.15, -0.1) is 0 Å². The summed E-state index contributed by atoms with van der Waals surface area (Å²) in [6.07, 6.45) is 1.23. The number of carbonyl (C=O) groups excluding carboxylic acids is 2. The SMILES string of the molecule is CN1CC2(CCN(C(=O)c3ccccc3CC#N)CC2)OC1=O. The molecule has 0 saturated carbocycles. The van der Waals surface area contributed by atoms with Crippen LogP contribution in [0.2, 0.25) is 0 Å². The number of amides is 2. The summed E-state index contributed by atoms with van der Waals surface area (Å²) in [6, 6.07) is 9.33. The van der Waals surface area contributed by atoms with Crippen LogP contribution in [0.1, 0.15) is 28.8 Å².